The summed E-state index contributed by atoms with van der Waals surface area (Å²) in [7, 11) is 1.72. The number of hydrogen-bond acceptors (Lipinski definition) is 3. The van der Waals surface area contributed by atoms with Crippen LogP contribution in [0.3, 0.4) is 0 Å². The molecule has 27 heavy (non-hydrogen) atoms. The molecule has 1 unspecified atom stereocenters. The number of nitrogens with zero attached hydrogens (tertiary/aromatic N) is 3. The molecule has 1 aromatic heterocycles. The van der Waals surface area contributed by atoms with Gasteiger partial charge in [-0.15, -0.1) is 0 Å². The minimum absolute atomic E-state index is 0.0494. The molecule has 2 amide bonds. The molecule has 3 heterocycles. The molecule has 0 N–H and O–H groups in total. The minimum atomic E-state index is -0.776. The van der Waals surface area contributed by atoms with Gasteiger partial charge in [0, 0.05) is 31.9 Å². The first-order chi connectivity index (χ1) is 12.7. The number of rotatable bonds is 3. The quantitative estimate of drug-likeness (QED) is 0.816. The average molecular weight is 373 g/mol. The van der Waals surface area contributed by atoms with Gasteiger partial charge < -0.3 is 14.4 Å². The third kappa shape index (κ3) is 2.99. The van der Waals surface area contributed by atoms with Crippen LogP contribution < -0.4 is 5.56 Å². The van der Waals surface area contributed by atoms with Crippen LogP contribution in [0.1, 0.15) is 68.1 Å². The van der Waals surface area contributed by atoms with E-state index in [9.17, 15) is 14.4 Å². The van der Waals surface area contributed by atoms with Gasteiger partial charge in [-0.3, -0.25) is 14.4 Å². The van der Waals surface area contributed by atoms with E-state index in [0.29, 0.717) is 19.4 Å². The van der Waals surface area contributed by atoms with Gasteiger partial charge in [0.25, 0.3) is 11.5 Å². The molecule has 3 rings (SSSR count). The predicted molar refractivity (Wildman–Crippen MR) is 105 cm³/mol. The first-order valence-corrected chi connectivity index (χ1v) is 10.1. The van der Waals surface area contributed by atoms with Crippen molar-refractivity contribution in [2.75, 3.05) is 13.1 Å². The molecule has 2 fully saturated rings. The summed E-state index contributed by atoms with van der Waals surface area (Å²) in [6.07, 6.45) is 3.80. The van der Waals surface area contributed by atoms with Crippen molar-refractivity contribution in [2.45, 2.75) is 71.4 Å². The van der Waals surface area contributed by atoms with E-state index in [1.165, 1.54) is 0 Å². The van der Waals surface area contributed by atoms with Crippen LogP contribution in [-0.2, 0) is 18.3 Å². The first-order valence-electron chi connectivity index (χ1n) is 10.1. The van der Waals surface area contributed by atoms with Gasteiger partial charge in [-0.1, -0.05) is 6.92 Å². The van der Waals surface area contributed by atoms with E-state index in [-0.39, 0.29) is 29.0 Å². The van der Waals surface area contributed by atoms with Gasteiger partial charge in [-0.2, -0.15) is 0 Å². The second-order valence-electron chi connectivity index (χ2n) is 8.19. The summed E-state index contributed by atoms with van der Waals surface area (Å²) in [6, 6.07) is 1.83. The number of hydrogen-bond donors (Lipinski definition) is 0. The largest absolute Gasteiger partial charge is 0.338 e. The van der Waals surface area contributed by atoms with Crippen LogP contribution in [0.15, 0.2) is 10.9 Å². The second-order valence-corrected chi connectivity index (χ2v) is 8.19. The molecule has 2 aliphatic rings. The Bertz CT molecular complexity index is 827. The SMILES string of the molecule is CCc1c(C)cc(C(=O)N2CCCC23CCCN(C(C)C)C3=O)c(=O)n1C. The van der Waals surface area contributed by atoms with E-state index in [2.05, 4.69) is 0 Å². The molecule has 2 saturated heterocycles. The third-order valence-corrected chi connectivity index (χ3v) is 6.33. The van der Waals surface area contributed by atoms with Crippen molar-refractivity contribution in [3.8, 4) is 0 Å². The summed E-state index contributed by atoms with van der Waals surface area (Å²) in [5.41, 5.74) is 1.01. The van der Waals surface area contributed by atoms with E-state index in [4.69, 9.17) is 0 Å². The number of piperidine rings is 1. The lowest BCUT2D eigenvalue weighted by molar-refractivity contribution is -0.147. The van der Waals surface area contributed by atoms with Crippen LogP contribution in [0.4, 0.5) is 0 Å². The Morgan fingerprint density at radius 3 is 2.41 bits per heavy atom. The lowest BCUT2D eigenvalue weighted by atomic mass is 9.84. The average Bonchev–Trinajstić information content (AvgIpc) is 3.04. The van der Waals surface area contributed by atoms with Crippen molar-refractivity contribution < 1.29 is 9.59 Å². The topological polar surface area (TPSA) is 62.6 Å². The number of pyridine rings is 1. The van der Waals surface area contributed by atoms with Crippen LogP contribution in [0.5, 0.6) is 0 Å². The Morgan fingerprint density at radius 2 is 1.81 bits per heavy atom. The molecule has 0 aliphatic carbocycles. The van der Waals surface area contributed by atoms with Crippen LogP contribution in [-0.4, -0.2) is 50.9 Å². The third-order valence-electron chi connectivity index (χ3n) is 6.33. The highest BCUT2D eigenvalue weighted by Crippen LogP contribution is 2.39. The lowest BCUT2D eigenvalue weighted by Crippen LogP contribution is -2.62. The summed E-state index contributed by atoms with van der Waals surface area (Å²) in [6.45, 7) is 9.24. The molecule has 1 spiro atoms. The van der Waals surface area contributed by atoms with Crippen LogP contribution in [0.25, 0.3) is 0 Å². The number of aryl methyl sites for hydroxylation is 1. The Balaban J connectivity index is 2.02. The maximum Gasteiger partial charge on any atom is 0.263 e. The number of likely N-dealkylation sites (tertiary alicyclic amines) is 2. The summed E-state index contributed by atoms with van der Waals surface area (Å²) in [4.78, 5) is 43.1. The van der Waals surface area contributed by atoms with Gasteiger partial charge in [0.15, 0.2) is 0 Å². The Kier molecular flexibility index (Phi) is 5.19. The zero-order valence-electron chi connectivity index (χ0n) is 17.2. The first kappa shape index (κ1) is 19.6. The van der Waals surface area contributed by atoms with Crippen molar-refractivity contribution in [1.82, 2.24) is 14.4 Å². The molecular formula is C21H31N3O3. The molecular weight excluding hydrogens is 342 g/mol. The normalized spacial score (nSPS) is 23.0. The summed E-state index contributed by atoms with van der Waals surface area (Å²) < 4.78 is 1.58. The highest BCUT2D eigenvalue weighted by molar-refractivity contribution is 6.00. The van der Waals surface area contributed by atoms with Crippen LogP contribution >= 0.6 is 0 Å². The van der Waals surface area contributed by atoms with Gasteiger partial charge in [0.2, 0.25) is 5.91 Å². The number of carbonyl (C=O) groups excluding carboxylic acids is 2. The molecule has 0 aromatic carbocycles. The van der Waals surface area contributed by atoms with Gasteiger partial charge in [0.1, 0.15) is 11.1 Å². The van der Waals surface area contributed by atoms with Crippen molar-refractivity contribution in [2.24, 2.45) is 7.05 Å². The minimum Gasteiger partial charge on any atom is -0.338 e. The number of aromatic nitrogens is 1. The molecule has 1 atom stereocenters. The molecule has 0 bridgehead atoms. The van der Waals surface area contributed by atoms with E-state index < -0.39 is 5.54 Å². The Morgan fingerprint density at radius 1 is 1.19 bits per heavy atom. The summed E-state index contributed by atoms with van der Waals surface area (Å²) in [5, 5.41) is 0. The second kappa shape index (κ2) is 7.13. The number of carbonyl (C=O) groups is 2. The Hall–Kier alpha value is -2.11. The standard InChI is InChI=1S/C21H31N3O3/c1-6-17-15(4)13-16(18(25)22(17)5)19(26)24-12-8-10-21(24)9-7-11-23(14(2)3)20(21)27/h13-14H,6-12H2,1-5H3. The molecule has 6 heteroatoms. The Labute approximate surface area is 161 Å². The van der Waals surface area contributed by atoms with Gasteiger partial charge >= 0.3 is 0 Å². The van der Waals surface area contributed by atoms with Gasteiger partial charge in [0.05, 0.1) is 0 Å². The van der Waals surface area contributed by atoms with Crippen molar-refractivity contribution in [3.63, 3.8) is 0 Å². The predicted octanol–water partition coefficient (Wildman–Crippen LogP) is 2.26. The van der Waals surface area contributed by atoms with Crippen molar-refractivity contribution >= 4 is 11.8 Å². The molecule has 148 valence electrons. The maximum absolute atomic E-state index is 13.4. The highest BCUT2D eigenvalue weighted by atomic mass is 16.2. The summed E-state index contributed by atoms with van der Waals surface area (Å²) >= 11 is 0. The monoisotopic (exact) mass is 373 g/mol. The van der Waals surface area contributed by atoms with E-state index in [0.717, 1.165) is 37.1 Å². The van der Waals surface area contributed by atoms with Crippen LogP contribution in [0.2, 0.25) is 0 Å². The van der Waals surface area contributed by atoms with E-state index in [1.807, 2.05) is 32.6 Å². The van der Waals surface area contributed by atoms with Gasteiger partial charge in [-0.25, -0.2) is 0 Å². The fourth-order valence-corrected chi connectivity index (χ4v) is 4.91. The molecule has 0 radical (unpaired) electrons. The van der Waals surface area contributed by atoms with E-state index in [1.54, 1.807) is 22.6 Å². The molecule has 1 aromatic rings. The smallest absolute Gasteiger partial charge is 0.263 e. The lowest BCUT2D eigenvalue weighted by Gasteiger charge is -2.46. The zero-order chi connectivity index (χ0) is 19.9. The highest BCUT2D eigenvalue weighted by Gasteiger charge is 2.53. The fraction of sp³-hybridized carbons (Fsp3) is 0.667. The van der Waals surface area contributed by atoms with Crippen molar-refractivity contribution in [3.05, 3.63) is 33.2 Å². The zero-order valence-corrected chi connectivity index (χ0v) is 17.2. The van der Waals surface area contributed by atoms with Gasteiger partial charge in [-0.05, 0) is 64.5 Å². The maximum atomic E-state index is 13.4. The fourth-order valence-electron chi connectivity index (χ4n) is 4.91. The van der Waals surface area contributed by atoms with E-state index >= 15 is 0 Å². The summed E-state index contributed by atoms with van der Waals surface area (Å²) in [5.74, 6) is -0.244. The number of amides is 2. The molecule has 6 nitrogen and oxygen atoms in total. The van der Waals surface area contributed by atoms with Crippen molar-refractivity contribution in [1.29, 1.82) is 0 Å². The molecule has 0 saturated carbocycles. The molecule has 2 aliphatic heterocycles. The van der Waals surface area contributed by atoms with Crippen LogP contribution in [0, 0.1) is 6.92 Å².